The van der Waals surface area contributed by atoms with Gasteiger partial charge in [-0.3, -0.25) is 5.41 Å². The molecule has 1 fully saturated rings. The molecule has 3 aromatic carbocycles. The Bertz CT molecular complexity index is 1390. The average Bonchev–Trinajstić information content (AvgIpc) is 3.00. The van der Waals surface area contributed by atoms with Gasteiger partial charge in [0, 0.05) is 0 Å². The highest BCUT2D eigenvalue weighted by Gasteiger charge is 2.52. The van der Waals surface area contributed by atoms with E-state index >= 15 is 0 Å². The second-order valence-electron chi connectivity index (χ2n) is 8.91. The van der Waals surface area contributed by atoms with Crippen molar-refractivity contribution in [2.75, 3.05) is 6.61 Å². The van der Waals surface area contributed by atoms with Gasteiger partial charge in [-0.15, -0.1) is 0 Å². The van der Waals surface area contributed by atoms with Gasteiger partial charge in [0.1, 0.15) is 18.8 Å². The maximum absolute atomic E-state index is 13.1. The normalized spacial score (nSPS) is 22.0. The predicted octanol–water partition coefficient (Wildman–Crippen LogP) is 4.74. The number of esters is 3. The summed E-state index contributed by atoms with van der Waals surface area (Å²) in [6, 6.07) is 23.7. The van der Waals surface area contributed by atoms with Gasteiger partial charge >= 0.3 is 17.9 Å². The Hall–Kier alpha value is -3.67. The second kappa shape index (κ2) is 14.0. The van der Waals surface area contributed by atoms with Crippen LogP contribution in [-0.4, -0.2) is 70.0 Å². The smallest absolute Gasteiger partial charge is 0.338 e. The molecule has 0 saturated carbocycles. The molecular weight excluding hydrogens is 613 g/mol. The molecule has 42 heavy (non-hydrogen) atoms. The Morgan fingerprint density at radius 2 is 1.14 bits per heavy atom. The molecular formula is C29H24Cl3NO9. The molecule has 0 bridgehead atoms. The quantitative estimate of drug-likeness (QED) is 0.118. The minimum absolute atomic E-state index is 0.120. The number of carbonyl (C=O) groups is 3. The van der Waals surface area contributed by atoms with Gasteiger partial charge in [-0.05, 0) is 36.4 Å². The number of aliphatic hydroxyl groups is 1. The number of aliphatic hydroxyl groups excluding tert-OH is 1. The number of ether oxygens (including phenoxy) is 5. The van der Waals surface area contributed by atoms with E-state index in [1.807, 2.05) is 0 Å². The topological polar surface area (TPSA) is 141 Å². The Morgan fingerprint density at radius 1 is 0.714 bits per heavy atom. The van der Waals surface area contributed by atoms with Crippen molar-refractivity contribution in [1.29, 1.82) is 5.41 Å². The minimum Gasteiger partial charge on any atom is -0.459 e. The summed E-state index contributed by atoms with van der Waals surface area (Å²) in [4.78, 5) is 38.7. The van der Waals surface area contributed by atoms with Crippen molar-refractivity contribution in [3.8, 4) is 0 Å². The number of halogens is 3. The summed E-state index contributed by atoms with van der Waals surface area (Å²) in [7, 11) is 0. The number of alkyl halides is 3. The lowest BCUT2D eigenvalue weighted by Crippen LogP contribution is -2.62. The SMILES string of the molecule is N=C(OC1O[C@H](COC(=O)c2ccccc2)[C@@H](O)[C@H](OC(=O)c2ccccc2)[C@H]1OC(=O)c1ccccc1)C(Cl)(Cl)Cl. The van der Waals surface area contributed by atoms with Gasteiger partial charge in [-0.25, -0.2) is 14.4 Å². The molecule has 1 unspecified atom stereocenters. The largest absolute Gasteiger partial charge is 0.459 e. The van der Waals surface area contributed by atoms with Crippen molar-refractivity contribution in [3.05, 3.63) is 108 Å². The average molecular weight is 637 g/mol. The summed E-state index contributed by atoms with van der Waals surface area (Å²) in [5, 5.41) is 19.4. The molecule has 1 saturated heterocycles. The Balaban J connectivity index is 1.65. The summed E-state index contributed by atoms with van der Waals surface area (Å²) >= 11 is 17.4. The van der Waals surface area contributed by atoms with Crippen LogP contribution in [-0.2, 0) is 23.7 Å². The Kier molecular flexibility index (Phi) is 10.4. The third-order valence-corrected chi connectivity index (χ3v) is 6.52. The van der Waals surface area contributed by atoms with Crippen LogP contribution in [0.1, 0.15) is 31.1 Å². The van der Waals surface area contributed by atoms with Crippen LogP contribution in [0.5, 0.6) is 0 Å². The van der Waals surface area contributed by atoms with Gasteiger partial charge in [-0.1, -0.05) is 89.4 Å². The van der Waals surface area contributed by atoms with E-state index < -0.39 is 64.9 Å². The molecule has 0 spiro atoms. The van der Waals surface area contributed by atoms with Crippen LogP contribution >= 0.6 is 34.8 Å². The summed E-state index contributed by atoms with van der Waals surface area (Å²) in [5.74, 6) is -3.41. The highest BCUT2D eigenvalue weighted by molar-refractivity contribution is 6.76. The van der Waals surface area contributed by atoms with Crippen LogP contribution in [0.4, 0.5) is 0 Å². The van der Waals surface area contributed by atoms with Crippen LogP contribution < -0.4 is 0 Å². The van der Waals surface area contributed by atoms with Gasteiger partial charge in [0.25, 0.3) is 3.79 Å². The van der Waals surface area contributed by atoms with E-state index in [-0.39, 0.29) is 16.7 Å². The predicted molar refractivity (Wildman–Crippen MR) is 152 cm³/mol. The molecule has 10 nitrogen and oxygen atoms in total. The lowest BCUT2D eigenvalue weighted by Gasteiger charge is -2.43. The van der Waals surface area contributed by atoms with Crippen molar-refractivity contribution in [2.24, 2.45) is 0 Å². The first-order chi connectivity index (χ1) is 20.0. The van der Waals surface area contributed by atoms with Gasteiger partial charge in [0.15, 0.2) is 6.10 Å². The molecule has 220 valence electrons. The lowest BCUT2D eigenvalue weighted by molar-refractivity contribution is -0.280. The third-order valence-electron chi connectivity index (χ3n) is 6.00. The summed E-state index contributed by atoms with van der Waals surface area (Å²) < 4.78 is 25.4. The number of rotatable bonds is 8. The maximum atomic E-state index is 13.1. The molecule has 0 aliphatic carbocycles. The van der Waals surface area contributed by atoms with Crippen LogP contribution in [0.2, 0.25) is 0 Å². The fourth-order valence-electron chi connectivity index (χ4n) is 3.91. The van der Waals surface area contributed by atoms with Gasteiger partial charge in [0.2, 0.25) is 18.3 Å². The van der Waals surface area contributed by atoms with Crippen LogP contribution in [0.15, 0.2) is 91.0 Å². The van der Waals surface area contributed by atoms with Crippen LogP contribution in [0, 0.1) is 5.41 Å². The van der Waals surface area contributed by atoms with E-state index in [0.717, 1.165) is 0 Å². The van der Waals surface area contributed by atoms with Crippen LogP contribution in [0.25, 0.3) is 0 Å². The van der Waals surface area contributed by atoms with Gasteiger partial charge in [-0.2, -0.15) is 0 Å². The summed E-state index contributed by atoms with van der Waals surface area (Å²) in [5.41, 5.74) is 0.479. The van der Waals surface area contributed by atoms with Crippen LogP contribution in [0.3, 0.4) is 0 Å². The Morgan fingerprint density at radius 3 is 1.60 bits per heavy atom. The highest BCUT2D eigenvalue weighted by Crippen LogP contribution is 2.33. The number of benzene rings is 3. The first-order valence-electron chi connectivity index (χ1n) is 12.4. The minimum atomic E-state index is -2.35. The highest BCUT2D eigenvalue weighted by atomic mass is 35.6. The number of nitrogens with one attached hydrogen (secondary N) is 1. The van der Waals surface area contributed by atoms with E-state index in [1.165, 1.54) is 36.4 Å². The van der Waals surface area contributed by atoms with E-state index in [4.69, 9.17) is 63.9 Å². The zero-order valence-corrected chi connectivity index (χ0v) is 23.9. The summed E-state index contributed by atoms with van der Waals surface area (Å²) in [6.07, 6.45) is -8.18. The molecule has 3 aromatic rings. The molecule has 1 aliphatic rings. The molecule has 1 aliphatic heterocycles. The molecule has 0 radical (unpaired) electrons. The lowest BCUT2D eigenvalue weighted by atomic mass is 9.98. The molecule has 1 heterocycles. The zero-order valence-electron chi connectivity index (χ0n) is 21.6. The van der Waals surface area contributed by atoms with E-state index in [9.17, 15) is 19.5 Å². The molecule has 0 amide bonds. The molecule has 5 atom stereocenters. The number of carbonyl (C=O) groups excluding carboxylic acids is 3. The fourth-order valence-corrected chi connectivity index (χ4v) is 4.05. The molecule has 4 rings (SSSR count). The standard InChI is InChI=1S/C29H24Cl3NO9/c30-29(31,32)28(33)42-27-23(41-26(37)19-14-8-3-9-15-19)22(40-25(36)18-12-6-2-7-13-18)21(34)20(39-27)16-38-24(35)17-10-4-1-5-11-17/h1-15,20-23,27,33-34H,16H2/t20-,21-,22+,23-,27?/m1/s1. The van der Waals surface area contributed by atoms with Crippen molar-refractivity contribution in [3.63, 3.8) is 0 Å². The first-order valence-corrected chi connectivity index (χ1v) is 13.6. The van der Waals surface area contributed by atoms with Crippen molar-refractivity contribution in [2.45, 2.75) is 34.5 Å². The zero-order chi connectivity index (χ0) is 30.3. The van der Waals surface area contributed by atoms with Crippen molar-refractivity contribution < 1.29 is 43.2 Å². The van der Waals surface area contributed by atoms with Gasteiger partial charge < -0.3 is 28.8 Å². The maximum Gasteiger partial charge on any atom is 0.338 e. The third kappa shape index (κ3) is 7.99. The molecule has 2 N–H and O–H groups in total. The van der Waals surface area contributed by atoms with Crippen molar-refractivity contribution in [1.82, 2.24) is 0 Å². The van der Waals surface area contributed by atoms with Crippen molar-refractivity contribution >= 4 is 58.6 Å². The van der Waals surface area contributed by atoms with E-state index in [1.54, 1.807) is 54.6 Å². The van der Waals surface area contributed by atoms with E-state index in [2.05, 4.69) is 0 Å². The van der Waals surface area contributed by atoms with Gasteiger partial charge in [0.05, 0.1) is 16.7 Å². The molecule has 13 heteroatoms. The van der Waals surface area contributed by atoms with E-state index in [0.29, 0.717) is 0 Å². The summed E-state index contributed by atoms with van der Waals surface area (Å²) in [6.45, 7) is -0.547. The monoisotopic (exact) mass is 635 g/mol. The first kappa shape index (κ1) is 31.3. The Labute approximate surface area is 255 Å². The number of hydrogen-bond donors (Lipinski definition) is 2. The molecule has 0 aromatic heterocycles. The fraction of sp³-hybridized carbons (Fsp3) is 0.241. The number of hydrogen-bond acceptors (Lipinski definition) is 10. The second-order valence-corrected chi connectivity index (χ2v) is 11.2.